The normalized spacial score (nSPS) is 14.2. The average Bonchev–Trinajstić information content (AvgIpc) is 2.55. The highest BCUT2D eigenvalue weighted by Gasteiger charge is 2.53. The lowest BCUT2D eigenvalue weighted by Gasteiger charge is -2.31. The molecule has 1 unspecified atom stereocenters. The number of halogens is 4. The van der Waals surface area contributed by atoms with Gasteiger partial charge in [0.2, 0.25) is 0 Å². The van der Waals surface area contributed by atoms with Crippen LogP contribution in [0.1, 0.15) is 28.7 Å². The van der Waals surface area contributed by atoms with Crippen LogP contribution in [0.25, 0.3) is 0 Å². The van der Waals surface area contributed by atoms with E-state index in [0.29, 0.717) is 16.9 Å². The summed E-state index contributed by atoms with van der Waals surface area (Å²) >= 11 is 0. The maximum Gasteiger partial charge on any atom is 0.417 e. The van der Waals surface area contributed by atoms with Crippen LogP contribution in [0.3, 0.4) is 0 Å². The molecule has 0 radical (unpaired) electrons. The van der Waals surface area contributed by atoms with E-state index in [0.717, 1.165) is 11.6 Å². The summed E-state index contributed by atoms with van der Waals surface area (Å²) < 4.78 is 59.3. The summed E-state index contributed by atoms with van der Waals surface area (Å²) in [5.74, 6) is -0.270. The molecule has 1 atom stereocenters. The first-order valence-electron chi connectivity index (χ1n) is 8.23. The molecule has 0 amide bonds. The van der Waals surface area contributed by atoms with E-state index in [9.17, 15) is 22.7 Å². The van der Waals surface area contributed by atoms with E-state index in [4.69, 9.17) is 4.74 Å². The molecule has 0 bridgehead atoms. The Morgan fingerprint density at radius 1 is 1.00 bits per heavy atom. The summed E-state index contributed by atoms with van der Waals surface area (Å²) in [5.41, 5.74) is -0.565. The standard InChI is InChI=1S/C20H22F4O2/c1-13-4-5-16(14(2)10-13)12-19(25,20(22,23)24)9-8-15-11-17(21)6-7-18(15)26-3/h4-7,10-11,25H,8-9,12H2,1-3H3. The number of ether oxygens (including phenoxy) is 1. The van der Waals surface area contributed by atoms with Gasteiger partial charge in [-0.05, 0) is 61.6 Å². The van der Waals surface area contributed by atoms with Crippen molar-refractivity contribution in [2.75, 3.05) is 7.11 Å². The van der Waals surface area contributed by atoms with Gasteiger partial charge in [-0.15, -0.1) is 0 Å². The van der Waals surface area contributed by atoms with Gasteiger partial charge in [0.25, 0.3) is 0 Å². The first-order chi connectivity index (χ1) is 12.1. The van der Waals surface area contributed by atoms with Gasteiger partial charge < -0.3 is 9.84 Å². The molecule has 0 saturated carbocycles. The molecule has 6 heteroatoms. The van der Waals surface area contributed by atoms with Gasteiger partial charge in [-0.1, -0.05) is 23.8 Å². The Kier molecular flexibility index (Phi) is 5.96. The third kappa shape index (κ3) is 4.55. The van der Waals surface area contributed by atoms with Gasteiger partial charge in [0.15, 0.2) is 5.60 Å². The molecular formula is C20H22F4O2. The van der Waals surface area contributed by atoms with Crippen LogP contribution in [-0.2, 0) is 12.8 Å². The summed E-state index contributed by atoms with van der Waals surface area (Å²) in [6.07, 6.45) is -6.13. The number of aryl methyl sites for hydroxylation is 3. The highest BCUT2D eigenvalue weighted by molar-refractivity contribution is 5.35. The van der Waals surface area contributed by atoms with Crippen molar-refractivity contribution in [3.63, 3.8) is 0 Å². The molecule has 2 aromatic carbocycles. The minimum Gasteiger partial charge on any atom is -0.496 e. The fourth-order valence-electron chi connectivity index (χ4n) is 2.97. The fourth-order valence-corrected chi connectivity index (χ4v) is 2.97. The molecule has 2 rings (SSSR count). The quantitative estimate of drug-likeness (QED) is 0.732. The number of hydrogen-bond acceptors (Lipinski definition) is 2. The summed E-state index contributed by atoms with van der Waals surface area (Å²) in [6, 6.07) is 8.77. The minimum atomic E-state index is -4.81. The molecule has 0 aromatic heterocycles. The van der Waals surface area contributed by atoms with E-state index in [2.05, 4.69) is 0 Å². The minimum absolute atomic E-state index is 0.165. The topological polar surface area (TPSA) is 29.5 Å². The van der Waals surface area contributed by atoms with E-state index in [-0.39, 0.29) is 12.0 Å². The molecule has 2 aromatic rings. The molecule has 0 saturated heterocycles. The van der Waals surface area contributed by atoms with Gasteiger partial charge in [-0.25, -0.2) is 4.39 Å². The monoisotopic (exact) mass is 370 g/mol. The molecule has 142 valence electrons. The molecule has 0 heterocycles. The van der Waals surface area contributed by atoms with Gasteiger partial charge in [0, 0.05) is 6.42 Å². The SMILES string of the molecule is COc1ccc(F)cc1CCC(O)(Cc1ccc(C)cc1C)C(F)(F)F. The zero-order valence-corrected chi connectivity index (χ0v) is 15.0. The molecule has 0 aliphatic rings. The maximum absolute atomic E-state index is 13.6. The lowest BCUT2D eigenvalue weighted by atomic mass is 9.86. The van der Waals surface area contributed by atoms with E-state index >= 15 is 0 Å². The lowest BCUT2D eigenvalue weighted by Crippen LogP contribution is -2.47. The molecule has 26 heavy (non-hydrogen) atoms. The third-order valence-corrected chi connectivity index (χ3v) is 4.56. The molecule has 0 aliphatic carbocycles. The van der Waals surface area contributed by atoms with E-state index in [1.54, 1.807) is 25.1 Å². The second-order valence-corrected chi connectivity index (χ2v) is 6.59. The van der Waals surface area contributed by atoms with E-state index in [1.165, 1.54) is 19.2 Å². The molecule has 0 aliphatic heterocycles. The Hall–Kier alpha value is -2.08. The van der Waals surface area contributed by atoms with Crippen LogP contribution < -0.4 is 4.74 Å². The Morgan fingerprint density at radius 2 is 1.69 bits per heavy atom. The predicted molar refractivity (Wildman–Crippen MR) is 91.9 cm³/mol. The lowest BCUT2D eigenvalue weighted by molar-refractivity contribution is -0.262. The first-order valence-corrected chi connectivity index (χ1v) is 8.23. The number of methoxy groups -OCH3 is 1. The van der Waals surface area contributed by atoms with Gasteiger partial charge in [-0.3, -0.25) is 0 Å². The highest BCUT2D eigenvalue weighted by Crippen LogP contribution is 2.38. The smallest absolute Gasteiger partial charge is 0.417 e. The van der Waals surface area contributed by atoms with Crippen molar-refractivity contribution in [1.82, 2.24) is 0 Å². The summed E-state index contributed by atoms with van der Waals surface area (Å²) in [4.78, 5) is 0. The number of aliphatic hydroxyl groups is 1. The van der Waals surface area contributed by atoms with Crippen molar-refractivity contribution in [3.05, 3.63) is 64.5 Å². The van der Waals surface area contributed by atoms with Crippen LogP contribution in [0, 0.1) is 19.7 Å². The second-order valence-electron chi connectivity index (χ2n) is 6.59. The van der Waals surface area contributed by atoms with Crippen molar-refractivity contribution in [2.45, 2.75) is 44.9 Å². The number of rotatable bonds is 6. The van der Waals surface area contributed by atoms with Crippen LogP contribution in [0.5, 0.6) is 5.75 Å². The summed E-state index contributed by atoms with van der Waals surface area (Å²) in [7, 11) is 1.36. The molecule has 0 fully saturated rings. The van der Waals surface area contributed by atoms with E-state index in [1.807, 2.05) is 6.92 Å². The number of benzene rings is 2. The summed E-state index contributed by atoms with van der Waals surface area (Å²) in [5, 5.41) is 10.4. The van der Waals surface area contributed by atoms with E-state index < -0.39 is 30.4 Å². The van der Waals surface area contributed by atoms with Gasteiger partial charge in [0.1, 0.15) is 11.6 Å². The van der Waals surface area contributed by atoms with Crippen LogP contribution in [0.15, 0.2) is 36.4 Å². The zero-order chi connectivity index (χ0) is 19.5. The number of alkyl halides is 3. The van der Waals surface area contributed by atoms with Gasteiger partial charge in [0.05, 0.1) is 7.11 Å². The Bertz CT molecular complexity index is 771. The van der Waals surface area contributed by atoms with Crippen molar-refractivity contribution < 1.29 is 27.4 Å². The van der Waals surface area contributed by atoms with Crippen LogP contribution in [0.4, 0.5) is 17.6 Å². The largest absolute Gasteiger partial charge is 0.496 e. The van der Waals surface area contributed by atoms with Crippen molar-refractivity contribution >= 4 is 0 Å². The third-order valence-electron chi connectivity index (χ3n) is 4.56. The first kappa shape index (κ1) is 20.2. The van der Waals surface area contributed by atoms with Crippen molar-refractivity contribution in [2.24, 2.45) is 0 Å². The van der Waals surface area contributed by atoms with Gasteiger partial charge >= 0.3 is 6.18 Å². The van der Waals surface area contributed by atoms with Crippen molar-refractivity contribution in [1.29, 1.82) is 0 Å². The Balaban J connectivity index is 2.28. The Morgan fingerprint density at radius 3 is 2.27 bits per heavy atom. The molecular weight excluding hydrogens is 348 g/mol. The zero-order valence-electron chi connectivity index (χ0n) is 15.0. The summed E-state index contributed by atoms with van der Waals surface area (Å²) in [6.45, 7) is 3.57. The maximum atomic E-state index is 13.6. The van der Waals surface area contributed by atoms with Crippen LogP contribution >= 0.6 is 0 Å². The molecule has 0 spiro atoms. The van der Waals surface area contributed by atoms with Crippen LogP contribution in [-0.4, -0.2) is 24.0 Å². The van der Waals surface area contributed by atoms with Crippen molar-refractivity contribution in [3.8, 4) is 5.75 Å². The molecule has 1 N–H and O–H groups in total. The Labute approximate surface area is 150 Å². The second kappa shape index (κ2) is 7.66. The molecule has 2 nitrogen and oxygen atoms in total. The average molecular weight is 370 g/mol. The number of hydrogen-bond donors (Lipinski definition) is 1. The van der Waals surface area contributed by atoms with Gasteiger partial charge in [-0.2, -0.15) is 13.2 Å². The van der Waals surface area contributed by atoms with Crippen LogP contribution in [0.2, 0.25) is 0 Å². The predicted octanol–water partition coefficient (Wildman–Crippen LogP) is 4.92. The highest BCUT2D eigenvalue weighted by atomic mass is 19.4. The fraction of sp³-hybridized carbons (Fsp3) is 0.400.